The predicted molar refractivity (Wildman–Crippen MR) is 123 cm³/mol. The minimum Gasteiger partial charge on any atom is -0.359 e. The van der Waals surface area contributed by atoms with Crippen LogP contribution in [0, 0.1) is 0 Å². The third-order valence-electron chi connectivity index (χ3n) is 6.03. The Morgan fingerprint density at radius 3 is 2.87 bits per heavy atom. The maximum absolute atomic E-state index is 4.81. The lowest BCUT2D eigenvalue weighted by Crippen LogP contribution is -2.21. The van der Waals surface area contributed by atoms with Gasteiger partial charge in [-0.3, -0.25) is 0 Å². The van der Waals surface area contributed by atoms with Crippen LogP contribution in [0.5, 0.6) is 0 Å². The molecule has 31 heavy (non-hydrogen) atoms. The molecule has 5 aromatic rings. The Kier molecular flexibility index (Phi) is 4.64. The summed E-state index contributed by atoms with van der Waals surface area (Å²) in [5.41, 5.74) is 5.35. The highest BCUT2D eigenvalue weighted by atomic mass is 32.1. The Morgan fingerprint density at radius 2 is 2.00 bits per heavy atom. The van der Waals surface area contributed by atoms with E-state index < -0.39 is 0 Å². The lowest BCUT2D eigenvalue weighted by Gasteiger charge is -2.22. The molecule has 1 fully saturated rings. The number of imidazole rings is 1. The van der Waals surface area contributed by atoms with Crippen molar-refractivity contribution in [3.8, 4) is 5.69 Å². The van der Waals surface area contributed by atoms with Crippen LogP contribution in [-0.2, 0) is 6.42 Å². The summed E-state index contributed by atoms with van der Waals surface area (Å²) in [7, 11) is 0. The van der Waals surface area contributed by atoms with Crippen molar-refractivity contribution in [3.63, 3.8) is 0 Å². The number of nitrogens with one attached hydrogen (secondary N) is 1. The topological polar surface area (TPSA) is 72.9 Å². The lowest BCUT2D eigenvalue weighted by atomic mass is 9.96. The highest BCUT2D eigenvalue weighted by molar-refractivity contribution is 7.22. The molecule has 0 unspecified atom stereocenters. The van der Waals surface area contributed by atoms with E-state index in [0.717, 1.165) is 34.1 Å². The highest BCUT2D eigenvalue weighted by Gasteiger charge is 2.15. The molecular formula is C23H23N7S. The molecule has 4 heterocycles. The molecule has 0 radical (unpaired) electrons. The number of aromatic nitrogens is 6. The highest BCUT2D eigenvalue weighted by Crippen LogP contribution is 2.30. The van der Waals surface area contributed by atoms with Gasteiger partial charge < -0.3 is 9.72 Å². The fourth-order valence-corrected chi connectivity index (χ4v) is 5.42. The molecule has 0 spiro atoms. The second-order valence-electron chi connectivity index (χ2n) is 8.19. The molecule has 1 aliphatic rings. The molecule has 1 aromatic carbocycles. The SMILES string of the molecule is c1cn(-c2ccn3c(Cc4ccc5nc(NC6CCCCC6)sc5c4)cnc3c2)nn1. The number of anilines is 1. The zero-order valence-corrected chi connectivity index (χ0v) is 17.9. The summed E-state index contributed by atoms with van der Waals surface area (Å²) >= 11 is 1.76. The van der Waals surface area contributed by atoms with E-state index in [9.17, 15) is 0 Å². The molecule has 0 saturated heterocycles. The summed E-state index contributed by atoms with van der Waals surface area (Å²) in [5, 5.41) is 12.6. The summed E-state index contributed by atoms with van der Waals surface area (Å²) in [4.78, 5) is 9.40. The second kappa shape index (κ2) is 7.77. The van der Waals surface area contributed by atoms with Gasteiger partial charge in [0.25, 0.3) is 0 Å². The fraction of sp³-hybridized carbons (Fsp3) is 0.304. The predicted octanol–water partition coefficient (Wildman–Crippen LogP) is 4.86. The van der Waals surface area contributed by atoms with Gasteiger partial charge in [-0.2, -0.15) is 0 Å². The van der Waals surface area contributed by atoms with E-state index in [1.165, 1.54) is 42.4 Å². The number of rotatable bonds is 5. The second-order valence-corrected chi connectivity index (χ2v) is 9.22. The monoisotopic (exact) mass is 429 g/mol. The zero-order chi connectivity index (χ0) is 20.6. The maximum atomic E-state index is 4.81. The average molecular weight is 430 g/mol. The third-order valence-corrected chi connectivity index (χ3v) is 6.98. The molecule has 0 aliphatic heterocycles. The van der Waals surface area contributed by atoms with E-state index >= 15 is 0 Å². The Bertz CT molecular complexity index is 1330. The summed E-state index contributed by atoms with van der Waals surface area (Å²) < 4.78 is 5.11. The number of hydrogen-bond donors (Lipinski definition) is 1. The molecular weight excluding hydrogens is 406 g/mol. The van der Waals surface area contributed by atoms with Crippen molar-refractivity contribution >= 4 is 32.3 Å². The first-order chi connectivity index (χ1) is 15.3. The summed E-state index contributed by atoms with van der Waals surface area (Å²) in [6.07, 6.45) is 14.9. The summed E-state index contributed by atoms with van der Waals surface area (Å²) in [5.74, 6) is 0. The Hall–Kier alpha value is -3.26. The van der Waals surface area contributed by atoms with Crippen LogP contribution in [0.3, 0.4) is 0 Å². The van der Waals surface area contributed by atoms with Crippen LogP contribution in [0.2, 0.25) is 0 Å². The normalized spacial score (nSPS) is 15.1. The van der Waals surface area contributed by atoms with Gasteiger partial charge in [0.15, 0.2) is 5.13 Å². The lowest BCUT2D eigenvalue weighted by molar-refractivity contribution is 0.462. The van der Waals surface area contributed by atoms with Crippen LogP contribution in [0.4, 0.5) is 5.13 Å². The van der Waals surface area contributed by atoms with E-state index in [2.05, 4.69) is 43.2 Å². The first kappa shape index (κ1) is 18.5. The van der Waals surface area contributed by atoms with E-state index in [1.54, 1.807) is 22.2 Å². The van der Waals surface area contributed by atoms with Crippen LogP contribution < -0.4 is 5.32 Å². The van der Waals surface area contributed by atoms with Gasteiger partial charge >= 0.3 is 0 Å². The molecule has 1 saturated carbocycles. The number of fused-ring (bicyclic) bond motifs is 2. The van der Waals surface area contributed by atoms with Crippen molar-refractivity contribution in [2.75, 3.05) is 5.32 Å². The molecule has 6 rings (SSSR count). The average Bonchev–Trinajstić information content (AvgIpc) is 3.54. The van der Waals surface area contributed by atoms with Crippen molar-refractivity contribution in [3.05, 3.63) is 66.4 Å². The number of benzene rings is 1. The van der Waals surface area contributed by atoms with E-state index in [0.29, 0.717) is 6.04 Å². The smallest absolute Gasteiger partial charge is 0.184 e. The molecule has 4 aromatic heterocycles. The third kappa shape index (κ3) is 3.67. The van der Waals surface area contributed by atoms with Gasteiger partial charge in [-0.05, 0) is 36.6 Å². The van der Waals surface area contributed by atoms with E-state index in [4.69, 9.17) is 4.98 Å². The van der Waals surface area contributed by atoms with Crippen LogP contribution in [-0.4, -0.2) is 35.4 Å². The quantitative estimate of drug-likeness (QED) is 0.432. The van der Waals surface area contributed by atoms with Crippen LogP contribution >= 0.6 is 11.3 Å². The van der Waals surface area contributed by atoms with Gasteiger partial charge in [-0.1, -0.05) is 41.9 Å². The van der Waals surface area contributed by atoms with Crippen molar-refractivity contribution in [2.24, 2.45) is 0 Å². The van der Waals surface area contributed by atoms with Gasteiger partial charge in [0, 0.05) is 36.6 Å². The van der Waals surface area contributed by atoms with Crippen LogP contribution in [0.15, 0.2) is 55.1 Å². The Labute approximate surface area is 183 Å². The number of pyridine rings is 1. The van der Waals surface area contributed by atoms with Crippen molar-refractivity contribution in [2.45, 2.75) is 44.6 Å². The number of thiazole rings is 1. The molecule has 1 aliphatic carbocycles. The Morgan fingerprint density at radius 1 is 1.06 bits per heavy atom. The van der Waals surface area contributed by atoms with Crippen LogP contribution in [0.25, 0.3) is 21.6 Å². The van der Waals surface area contributed by atoms with E-state index in [1.807, 2.05) is 30.7 Å². The van der Waals surface area contributed by atoms with Crippen LogP contribution in [0.1, 0.15) is 43.4 Å². The molecule has 0 bridgehead atoms. The zero-order valence-electron chi connectivity index (χ0n) is 17.1. The molecule has 1 N–H and O–H groups in total. The molecule has 156 valence electrons. The summed E-state index contributed by atoms with van der Waals surface area (Å²) in [6, 6.07) is 11.2. The first-order valence-electron chi connectivity index (χ1n) is 10.8. The molecule has 0 atom stereocenters. The largest absolute Gasteiger partial charge is 0.359 e. The minimum absolute atomic E-state index is 0.578. The van der Waals surface area contributed by atoms with Gasteiger partial charge in [-0.15, -0.1) is 5.10 Å². The van der Waals surface area contributed by atoms with Gasteiger partial charge in [0.2, 0.25) is 0 Å². The standard InChI is InChI=1S/C23H23N7S/c1-2-4-17(5-3-1)26-23-27-20-7-6-16(13-21(20)31-23)12-19-15-24-22-14-18(8-10-29(19)22)30-11-9-25-28-30/h6-11,13-15,17H,1-5,12H2,(H,26,27). The van der Waals surface area contributed by atoms with Crippen molar-refractivity contribution < 1.29 is 0 Å². The van der Waals surface area contributed by atoms with Gasteiger partial charge in [0.05, 0.1) is 28.3 Å². The van der Waals surface area contributed by atoms with Gasteiger partial charge in [-0.25, -0.2) is 14.6 Å². The molecule has 7 nitrogen and oxygen atoms in total. The maximum Gasteiger partial charge on any atom is 0.184 e. The molecule has 0 amide bonds. The van der Waals surface area contributed by atoms with Crippen molar-refractivity contribution in [1.29, 1.82) is 0 Å². The number of hydrogen-bond acceptors (Lipinski definition) is 6. The van der Waals surface area contributed by atoms with Crippen molar-refractivity contribution in [1.82, 2.24) is 29.4 Å². The minimum atomic E-state index is 0.578. The van der Waals surface area contributed by atoms with E-state index in [-0.39, 0.29) is 0 Å². The first-order valence-corrected chi connectivity index (χ1v) is 11.6. The molecule has 8 heteroatoms. The number of nitrogens with zero attached hydrogens (tertiary/aromatic N) is 6. The Balaban J connectivity index is 1.24. The summed E-state index contributed by atoms with van der Waals surface area (Å²) in [6.45, 7) is 0. The fourth-order valence-electron chi connectivity index (χ4n) is 4.41. The van der Waals surface area contributed by atoms with Gasteiger partial charge in [0.1, 0.15) is 5.65 Å².